The second-order valence-corrected chi connectivity index (χ2v) is 6.18. The zero-order chi connectivity index (χ0) is 20.8. The predicted octanol–water partition coefficient (Wildman–Crippen LogP) is 3.80. The molecule has 3 aromatic rings. The fourth-order valence-electron chi connectivity index (χ4n) is 2.49. The zero-order valence-corrected chi connectivity index (χ0v) is 15.9. The number of carbonyl (C=O) groups excluding carboxylic acids is 1. The standard InChI is InChI=1S/C20H19N5O4/c1-3-14-6-10-16(11-7-14)29-20-17(25(27)28)18(21-12-22-20)23-24-19(26)15-8-4-13(2)5-9-15/h4-12H,3H2,1-2H3,(H,24,26)(H,21,22,23). The number of hydrogen-bond donors (Lipinski definition) is 2. The Hall–Kier alpha value is -4.01. The summed E-state index contributed by atoms with van der Waals surface area (Å²) in [6.45, 7) is 3.93. The van der Waals surface area contributed by atoms with Crippen LogP contribution >= 0.6 is 0 Å². The van der Waals surface area contributed by atoms with Gasteiger partial charge in [0.25, 0.3) is 5.91 Å². The Labute approximate surface area is 166 Å². The Bertz CT molecular complexity index is 1020. The van der Waals surface area contributed by atoms with Crippen molar-refractivity contribution in [1.29, 1.82) is 0 Å². The number of amides is 1. The molecule has 1 amide bonds. The van der Waals surface area contributed by atoms with Crippen LogP contribution in [0.1, 0.15) is 28.4 Å². The lowest BCUT2D eigenvalue weighted by molar-refractivity contribution is -0.385. The summed E-state index contributed by atoms with van der Waals surface area (Å²) in [4.78, 5) is 30.9. The monoisotopic (exact) mass is 393 g/mol. The van der Waals surface area contributed by atoms with Crippen molar-refractivity contribution in [1.82, 2.24) is 15.4 Å². The zero-order valence-electron chi connectivity index (χ0n) is 15.9. The maximum absolute atomic E-state index is 12.2. The highest BCUT2D eigenvalue weighted by Crippen LogP contribution is 2.33. The van der Waals surface area contributed by atoms with Crippen LogP contribution in [0.15, 0.2) is 54.9 Å². The molecule has 1 heterocycles. The van der Waals surface area contributed by atoms with Crippen molar-refractivity contribution in [3.8, 4) is 11.6 Å². The van der Waals surface area contributed by atoms with Crippen LogP contribution in [0.5, 0.6) is 11.6 Å². The fourth-order valence-corrected chi connectivity index (χ4v) is 2.49. The Morgan fingerprint density at radius 2 is 1.79 bits per heavy atom. The summed E-state index contributed by atoms with van der Waals surface area (Å²) in [7, 11) is 0. The lowest BCUT2D eigenvalue weighted by atomic mass is 10.1. The van der Waals surface area contributed by atoms with E-state index in [9.17, 15) is 14.9 Å². The van der Waals surface area contributed by atoms with Crippen molar-refractivity contribution in [2.24, 2.45) is 0 Å². The number of ether oxygens (including phenoxy) is 1. The molecule has 0 atom stereocenters. The molecular formula is C20H19N5O4. The summed E-state index contributed by atoms with van der Waals surface area (Å²) < 4.78 is 5.57. The molecule has 9 heteroatoms. The lowest BCUT2D eigenvalue weighted by Gasteiger charge is -2.10. The summed E-state index contributed by atoms with van der Waals surface area (Å²) in [6, 6.07) is 14.0. The molecule has 3 rings (SSSR count). The maximum atomic E-state index is 12.2. The first-order valence-electron chi connectivity index (χ1n) is 8.87. The minimum Gasteiger partial charge on any atom is -0.434 e. The average Bonchev–Trinajstić information content (AvgIpc) is 2.73. The second kappa shape index (κ2) is 8.79. The quantitative estimate of drug-likeness (QED) is 0.463. The van der Waals surface area contributed by atoms with Gasteiger partial charge in [-0.25, -0.2) is 4.98 Å². The van der Waals surface area contributed by atoms with Gasteiger partial charge in [-0.15, -0.1) is 0 Å². The molecule has 9 nitrogen and oxygen atoms in total. The number of aromatic nitrogens is 2. The summed E-state index contributed by atoms with van der Waals surface area (Å²) in [5, 5.41) is 11.6. The Morgan fingerprint density at radius 1 is 1.10 bits per heavy atom. The van der Waals surface area contributed by atoms with Crippen molar-refractivity contribution < 1.29 is 14.5 Å². The van der Waals surface area contributed by atoms with E-state index in [1.807, 2.05) is 26.0 Å². The molecule has 0 spiro atoms. The molecule has 0 aliphatic rings. The van der Waals surface area contributed by atoms with Crippen LogP contribution in [0.2, 0.25) is 0 Å². The molecule has 148 valence electrons. The number of nitrogens with zero attached hydrogens (tertiary/aromatic N) is 3. The third-order valence-electron chi connectivity index (χ3n) is 4.13. The summed E-state index contributed by atoms with van der Waals surface area (Å²) in [5.74, 6) is -0.485. The van der Waals surface area contributed by atoms with Crippen molar-refractivity contribution >= 4 is 17.4 Å². The van der Waals surface area contributed by atoms with Gasteiger partial charge in [0, 0.05) is 5.56 Å². The van der Waals surface area contributed by atoms with E-state index in [0.717, 1.165) is 23.9 Å². The number of nitro groups is 1. The van der Waals surface area contributed by atoms with Gasteiger partial charge in [0.05, 0.1) is 4.92 Å². The summed E-state index contributed by atoms with van der Waals surface area (Å²) >= 11 is 0. The topological polar surface area (TPSA) is 119 Å². The maximum Gasteiger partial charge on any atom is 0.374 e. The molecule has 29 heavy (non-hydrogen) atoms. The predicted molar refractivity (Wildman–Crippen MR) is 107 cm³/mol. The van der Waals surface area contributed by atoms with E-state index in [0.29, 0.717) is 11.3 Å². The third-order valence-corrected chi connectivity index (χ3v) is 4.13. The first kappa shape index (κ1) is 19.7. The van der Waals surface area contributed by atoms with Gasteiger partial charge in [-0.1, -0.05) is 36.8 Å². The molecule has 0 fully saturated rings. The molecule has 0 saturated heterocycles. The molecule has 0 aliphatic carbocycles. The Kier molecular flexibility index (Phi) is 5.98. The molecule has 1 aromatic heterocycles. The van der Waals surface area contributed by atoms with Gasteiger partial charge >= 0.3 is 11.6 Å². The fraction of sp³-hybridized carbons (Fsp3) is 0.150. The first-order chi connectivity index (χ1) is 14.0. The third kappa shape index (κ3) is 4.83. The number of benzene rings is 2. The van der Waals surface area contributed by atoms with E-state index < -0.39 is 16.5 Å². The first-order valence-corrected chi connectivity index (χ1v) is 8.87. The van der Waals surface area contributed by atoms with Crippen LogP contribution in [0.4, 0.5) is 11.5 Å². The van der Waals surface area contributed by atoms with E-state index >= 15 is 0 Å². The second-order valence-electron chi connectivity index (χ2n) is 6.18. The average molecular weight is 393 g/mol. The lowest BCUT2D eigenvalue weighted by Crippen LogP contribution is -2.30. The number of carbonyl (C=O) groups is 1. The van der Waals surface area contributed by atoms with Crippen LogP contribution in [-0.4, -0.2) is 20.8 Å². The van der Waals surface area contributed by atoms with Crippen LogP contribution in [0.25, 0.3) is 0 Å². The van der Waals surface area contributed by atoms with Crippen molar-refractivity contribution in [3.63, 3.8) is 0 Å². The van der Waals surface area contributed by atoms with Crippen molar-refractivity contribution in [2.75, 3.05) is 5.43 Å². The van der Waals surface area contributed by atoms with E-state index in [1.54, 1.807) is 36.4 Å². The van der Waals surface area contributed by atoms with Gasteiger partial charge in [-0.05, 0) is 43.2 Å². The number of aryl methyl sites for hydroxylation is 2. The SMILES string of the molecule is CCc1ccc(Oc2ncnc(NNC(=O)c3ccc(C)cc3)c2[N+](=O)[O-])cc1. The van der Waals surface area contributed by atoms with E-state index in [4.69, 9.17) is 4.74 Å². The van der Waals surface area contributed by atoms with Crippen LogP contribution < -0.4 is 15.6 Å². The number of hydrazine groups is 1. The molecule has 2 aromatic carbocycles. The number of hydrogen-bond acceptors (Lipinski definition) is 7. The minimum absolute atomic E-state index is 0.189. The molecule has 0 radical (unpaired) electrons. The Morgan fingerprint density at radius 3 is 2.41 bits per heavy atom. The molecule has 0 aliphatic heterocycles. The number of anilines is 1. The van der Waals surface area contributed by atoms with Crippen LogP contribution in [0, 0.1) is 17.0 Å². The normalized spacial score (nSPS) is 10.3. The number of rotatable bonds is 7. The van der Waals surface area contributed by atoms with Gasteiger partial charge in [0.15, 0.2) is 0 Å². The highest BCUT2D eigenvalue weighted by Gasteiger charge is 2.25. The molecule has 2 N–H and O–H groups in total. The number of nitrogens with one attached hydrogen (secondary N) is 2. The highest BCUT2D eigenvalue weighted by atomic mass is 16.6. The molecule has 0 unspecified atom stereocenters. The summed E-state index contributed by atoms with van der Waals surface area (Å²) in [5.41, 5.74) is 6.90. The molecular weight excluding hydrogens is 374 g/mol. The van der Waals surface area contributed by atoms with Crippen molar-refractivity contribution in [3.05, 3.63) is 81.7 Å². The van der Waals surface area contributed by atoms with Gasteiger partial charge in [0.1, 0.15) is 12.1 Å². The van der Waals surface area contributed by atoms with Gasteiger partial charge in [0.2, 0.25) is 5.82 Å². The van der Waals surface area contributed by atoms with Crippen LogP contribution in [0.3, 0.4) is 0 Å². The van der Waals surface area contributed by atoms with Gasteiger partial charge in [-0.3, -0.25) is 25.8 Å². The summed E-state index contributed by atoms with van der Waals surface area (Å²) in [6.07, 6.45) is 1.98. The van der Waals surface area contributed by atoms with E-state index in [-0.39, 0.29) is 11.7 Å². The van der Waals surface area contributed by atoms with Gasteiger partial charge in [-0.2, -0.15) is 4.98 Å². The molecule has 0 saturated carbocycles. The van der Waals surface area contributed by atoms with Crippen molar-refractivity contribution in [2.45, 2.75) is 20.3 Å². The highest BCUT2D eigenvalue weighted by molar-refractivity contribution is 5.95. The van der Waals surface area contributed by atoms with Crippen LogP contribution in [-0.2, 0) is 6.42 Å². The minimum atomic E-state index is -0.671. The largest absolute Gasteiger partial charge is 0.434 e. The van der Waals surface area contributed by atoms with E-state index in [1.165, 1.54) is 0 Å². The van der Waals surface area contributed by atoms with E-state index in [2.05, 4.69) is 20.8 Å². The smallest absolute Gasteiger partial charge is 0.374 e. The Balaban J connectivity index is 1.79. The van der Waals surface area contributed by atoms with Gasteiger partial charge < -0.3 is 4.74 Å². The molecule has 0 bridgehead atoms.